The molecule has 1 heterocycles. The van der Waals surface area contributed by atoms with Gasteiger partial charge in [0.25, 0.3) is 0 Å². The van der Waals surface area contributed by atoms with Gasteiger partial charge in [0.2, 0.25) is 0 Å². The van der Waals surface area contributed by atoms with Gasteiger partial charge < -0.3 is 0 Å². The topological polar surface area (TPSA) is 58.9 Å². The second-order valence-corrected chi connectivity index (χ2v) is 7.30. The van der Waals surface area contributed by atoms with Crippen molar-refractivity contribution >= 4 is 11.6 Å². The molecule has 4 nitrogen and oxygen atoms in total. The molecule has 0 radical (unpaired) electrons. The van der Waals surface area contributed by atoms with E-state index in [0.717, 1.165) is 11.1 Å². The van der Waals surface area contributed by atoms with Crippen molar-refractivity contribution in [3.8, 4) is 0 Å². The highest BCUT2D eigenvalue weighted by Gasteiger charge is 2.61. The van der Waals surface area contributed by atoms with E-state index in [1.807, 2.05) is 60.7 Å². The van der Waals surface area contributed by atoms with Crippen LogP contribution >= 0.6 is 0 Å². The Balaban J connectivity index is 1.79. The number of carbonyl (C=O) groups excluding carboxylic acids is 2. The maximum Gasteiger partial charge on any atom is 0.194 e. The van der Waals surface area contributed by atoms with E-state index >= 15 is 0 Å². The zero-order valence-electron chi connectivity index (χ0n) is 15.2. The van der Waals surface area contributed by atoms with E-state index in [1.54, 1.807) is 24.3 Å². The predicted molar refractivity (Wildman–Crippen MR) is 106 cm³/mol. The summed E-state index contributed by atoms with van der Waals surface area (Å²) in [6.45, 7) is 0.245. The predicted octanol–water partition coefficient (Wildman–Crippen LogP) is 4.72. The highest BCUT2D eigenvalue weighted by molar-refractivity contribution is 6.20. The Hall–Kier alpha value is -3.40. The van der Waals surface area contributed by atoms with Gasteiger partial charge in [0, 0.05) is 17.0 Å². The first-order valence-electron chi connectivity index (χ1n) is 9.40. The van der Waals surface area contributed by atoms with Crippen molar-refractivity contribution in [3.05, 3.63) is 107 Å². The number of ketones is 2. The average molecular weight is 366 g/mol. The fraction of sp³-hybridized carbons (Fsp3) is 0.167. The summed E-state index contributed by atoms with van der Waals surface area (Å²) in [6, 6.07) is 26.7. The minimum Gasteiger partial charge on any atom is -0.294 e. The van der Waals surface area contributed by atoms with Crippen molar-refractivity contribution in [2.45, 2.75) is 11.5 Å². The molecule has 0 unspecified atom stereocenters. The van der Waals surface area contributed by atoms with E-state index in [9.17, 15) is 9.59 Å². The fourth-order valence-corrected chi connectivity index (χ4v) is 4.62. The number of rotatable bonds is 3. The van der Waals surface area contributed by atoms with Crippen LogP contribution in [-0.4, -0.2) is 23.7 Å². The molecule has 136 valence electrons. The molecule has 0 N–H and O–H groups in total. The molecule has 0 saturated heterocycles. The molecule has 28 heavy (non-hydrogen) atoms. The maximum absolute atomic E-state index is 13.8. The van der Waals surface area contributed by atoms with Gasteiger partial charge in [-0.1, -0.05) is 84.9 Å². The smallest absolute Gasteiger partial charge is 0.194 e. The summed E-state index contributed by atoms with van der Waals surface area (Å²) in [7, 11) is 0. The average Bonchev–Trinajstić information content (AvgIpc) is 3.20. The summed E-state index contributed by atoms with van der Waals surface area (Å²) in [5, 5.41) is 8.77. The van der Waals surface area contributed by atoms with Crippen LogP contribution in [0.2, 0.25) is 0 Å². The Morgan fingerprint density at radius 2 is 1.29 bits per heavy atom. The molecule has 1 aliphatic carbocycles. The molecule has 0 saturated carbocycles. The van der Waals surface area contributed by atoms with Crippen LogP contribution in [0.4, 0.5) is 0 Å². The van der Waals surface area contributed by atoms with E-state index in [-0.39, 0.29) is 24.0 Å². The van der Waals surface area contributed by atoms with Crippen molar-refractivity contribution in [2.24, 2.45) is 16.1 Å². The van der Waals surface area contributed by atoms with Crippen LogP contribution in [-0.2, 0) is 0 Å². The zero-order valence-corrected chi connectivity index (χ0v) is 15.2. The van der Waals surface area contributed by atoms with Crippen LogP contribution < -0.4 is 0 Å². The number of nitrogens with zero attached hydrogens (tertiary/aromatic N) is 2. The fourth-order valence-electron chi connectivity index (χ4n) is 4.62. The molecular formula is C24H18N2O2. The van der Waals surface area contributed by atoms with Crippen LogP contribution in [0.25, 0.3) is 0 Å². The van der Waals surface area contributed by atoms with Gasteiger partial charge >= 0.3 is 0 Å². The van der Waals surface area contributed by atoms with E-state index in [0.29, 0.717) is 11.1 Å². The molecule has 4 heteroatoms. The summed E-state index contributed by atoms with van der Waals surface area (Å²) >= 11 is 0. The monoisotopic (exact) mass is 366 g/mol. The van der Waals surface area contributed by atoms with Gasteiger partial charge in [-0.25, -0.2) is 0 Å². The summed E-state index contributed by atoms with van der Waals surface area (Å²) in [4.78, 5) is 27.2. The molecule has 3 aromatic rings. The minimum atomic E-state index is -1.24. The Labute approximate surface area is 162 Å². The lowest BCUT2D eigenvalue weighted by Gasteiger charge is -2.40. The lowest BCUT2D eigenvalue weighted by molar-refractivity contribution is 0.0704. The van der Waals surface area contributed by atoms with Crippen LogP contribution in [0.3, 0.4) is 0 Å². The number of hydrogen-bond donors (Lipinski definition) is 0. The number of hydrogen-bond acceptors (Lipinski definition) is 4. The molecule has 2 aliphatic rings. The Bertz CT molecular complexity index is 1050. The highest BCUT2D eigenvalue weighted by Crippen LogP contribution is 2.51. The third-order valence-electron chi connectivity index (χ3n) is 5.85. The maximum atomic E-state index is 13.8. The van der Waals surface area contributed by atoms with Crippen LogP contribution in [0.5, 0.6) is 0 Å². The number of azo groups is 1. The molecule has 0 spiro atoms. The molecule has 2 atom stereocenters. The van der Waals surface area contributed by atoms with Crippen molar-refractivity contribution in [2.75, 3.05) is 6.54 Å². The summed E-state index contributed by atoms with van der Waals surface area (Å²) in [6.07, 6.45) is 0. The second kappa shape index (κ2) is 6.34. The lowest BCUT2D eigenvalue weighted by atomic mass is 9.60. The SMILES string of the molecule is O=C1c2ccccc2C(=O)[C@]2(C(c3ccccc3)c3ccccc3)N=NC[C@H]12. The first-order chi connectivity index (χ1) is 13.7. The van der Waals surface area contributed by atoms with Crippen molar-refractivity contribution < 1.29 is 9.59 Å². The van der Waals surface area contributed by atoms with Gasteiger partial charge in [-0.3, -0.25) is 9.59 Å². The Kier molecular flexibility index (Phi) is 3.79. The van der Waals surface area contributed by atoms with Crippen LogP contribution in [0.1, 0.15) is 37.8 Å². The first kappa shape index (κ1) is 16.8. The molecule has 0 fully saturated rings. The summed E-state index contributed by atoms with van der Waals surface area (Å²) < 4.78 is 0. The van der Waals surface area contributed by atoms with Gasteiger partial charge in [0.05, 0.1) is 12.5 Å². The molecule has 1 aliphatic heterocycles. The third-order valence-corrected chi connectivity index (χ3v) is 5.85. The molecule has 5 rings (SSSR count). The number of fused-ring (bicyclic) bond motifs is 2. The third kappa shape index (κ3) is 2.24. The van der Waals surface area contributed by atoms with E-state index in [2.05, 4.69) is 10.2 Å². The minimum absolute atomic E-state index is 0.0444. The molecule has 0 aromatic heterocycles. The van der Waals surface area contributed by atoms with Crippen molar-refractivity contribution in [3.63, 3.8) is 0 Å². The quantitative estimate of drug-likeness (QED) is 0.673. The lowest BCUT2D eigenvalue weighted by Crippen LogP contribution is -2.54. The standard InChI is InChI=1S/C24H18N2O2/c27-22-18-13-7-8-14-19(18)23(28)24(20(22)15-25-26-24)21(16-9-3-1-4-10-16)17-11-5-2-6-12-17/h1-14,20-21H,15H2/t20-,24+/m1/s1. The van der Waals surface area contributed by atoms with E-state index in [1.165, 1.54) is 0 Å². The number of carbonyl (C=O) groups is 2. The van der Waals surface area contributed by atoms with E-state index in [4.69, 9.17) is 0 Å². The summed E-state index contributed by atoms with van der Waals surface area (Å²) in [5.74, 6) is -1.13. The Morgan fingerprint density at radius 3 is 1.89 bits per heavy atom. The first-order valence-corrected chi connectivity index (χ1v) is 9.40. The van der Waals surface area contributed by atoms with E-state index < -0.39 is 11.5 Å². The molecule has 0 bridgehead atoms. The normalized spacial score (nSPS) is 23.0. The highest BCUT2D eigenvalue weighted by atomic mass is 16.1. The largest absolute Gasteiger partial charge is 0.294 e. The van der Waals surface area contributed by atoms with Crippen LogP contribution in [0.15, 0.2) is 95.2 Å². The molecular weight excluding hydrogens is 348 g/mol. The summed E-state index contributed by atoms with van der Waals surface area (Å²) in [5.41, 5.74) is 1.61. The molecule has 3 aromatic carbocycles. The Morgan fingerprint density at radius 1 is 0.750 bits per heavy atom. The number of Topliss-reactive ketones (excluding diaryl/α,β-unsaturated/α-hetero) is 2. The molecule has 0 amide bonds. The van der Waals surface area contributed by atoms with Crippen molar-refractivity contribution in [1.29, 1.82) is 0 Å². The van der Waals surface area contributed by atoms with Gasteiger partial charge in [-0.2, -0.15) is 10.2 Å². The number of benzene rings is 3. The zero-order chi connectivity index (χ0) is 19.1. The van der Waals surface area contributed by atoms with Crippen molar-refractivity contribution in [1.82, 2.24) is 0 Å². The van der Waals surface area contributed by atoms with Crippen LogP contribution in [0, 0.1) is 5.92 Å². The van der Waals surface area contributed by atoms with Gasteiger partial charge in [0.1, 0.15) is 0 Å². The second-order valence-electron chi connectivity index (χ2n) is 7.30. The van der Waals surface area contributed by atoms with Gasteiger partial charge in [0.15, 0.2) is 17.1 Å². The van der Waals surface area contributed by atoms with Gasteiger partial charge in [-0.15, -0.1) is 0 Å². The van der Waals surface area contributed by atoms with Gasteiger partial charge in [-0.05, 0) is 11.1 Å².